The highest BCUT2D eigenvalue weighted by molar-refractivity contribution is 7.94. The highest BCUT2D eigenvalue weighted by atomic mass is 32.2. The molecule has 1 unspecified atom stereocenters. The van der Waals surface area contributed by atoms with Crippen molar-refractivity contribution in [2.24, 2.45) is 5.73 Å². The Morgan fingerprint density at radius 2 is 2.09 bits per heavy atom. The molecule has 0 saturated heterocycles. The maximum Gasteiger partial charge on any atom is 0.159 e. The largest absolute Gasteiger partial charge is 0.392 e. The van der Waals surface area contributed by atoms with Crippen LogP contribution in [0.3, 0.4) is 0 Å². The van der Waals surface area contributed by atoms with E-state index in [0.717, 1.165) is 0 Å². The maximum atomic E-state index is 11.2. The second-order valence-electron chi connectivity index (χ2n) is 2.49. The number of hydrogen-bond acceptors (Lipinski definition) is 3. The zero-order valence-corrected chi connectivity index (χ0v) is 8.33. The molecule has 0 aromatic heterocycles. The van der Waals surface area contributed by atoms with Crippen LogP contribution >= 0.6 is 12.2 Å². The molecule has 66 valence electrons. The second-order valence-corrected chi connectivity index (χ2v) is 5.44. The highest BCUT2D eigenvalue weighted by Crippen LogP contribution is 2.05. The van der Waals surface area contributed by atoms with Crippen LogP contribution < -0.4 is 5.73 Å². The molecular formula is C6H13NO2S2. The lowest BCUT2D eigenvalue weighted by Crippen LogP contribution is -2.28. The fraction of sp³-hybridized carbons (Fsp3) is 0.833. The van der Waals surface area contributed by atoms with Gasteiger partial charge in [0.15, 0.2) is 9.84 Å². The molecule has 0 bridgehead atoms. The molecule has 0 radical (unpaired) electrons. The van der Waals surface area contributed by atoms with Gasteiger partial charge in [-0.2, -0.15) is 0 Å². The van der Waals surface area contributed by atoms with E-state index in [0.29, 0.717) is 6.42 Å². The van der Waals surface area contributed by atoms with Gasteiger partial charge in [0.25, 0.3) is 0 Å². The smallest absolute Gasteiger partial charge is 0.159 e. The molecule has 0 fully saturated rings. The van der Waals surface area contributed by atoms with E-state index in [2.05, 4.69) is 12.2 Å². The summed E-state index contributed by atoms with van der Waals surface area (Å²) in [5.74, 6) is -0.169. The van der Waals surface area contributed by atoms with Crippen molar-refractivity contribution in [3.8, 4) is 0 Å². The summed E-state index contributed by atoms with van der Waals surface area (Å²) in [4.78, 5) is 0.0466. The van der Waals surface area contributed by atoms with Crippen molar-refractivity contribution in [1.29, 1.82) is 0 Å². The summed E-state index contributed by atoms with van der Waals surface area (Å²) < 4.78 is 22.4. The van der Waals surface area contributed by atoms with Crippen LogP contribution in [-0.2, 0) is 9.84 Å². The zero-order valence-electron chi connectivity index (χ0n) is 6.70. The first-order valence-corrected chi connectivity index (χ1v) is 5.52. The van der Waals surface area contributed by atoms with E-state index < -0.39 is 9.84 Å². The molecule has 0 rings (SSSR count). The average Bonchev–Trinajstić information content (AvgIpc) is 1.83. The van der Waals surface area contributed by atoms with Crippen LogP contribution in [0.15, 0.2) is 0 Å². The van der Waals surface area contributed by atoms with E-state index >= 15 is 0 Å². The van der Waals surface area contributed by atoms with E-state index in [9.17, 15) is 8.42 Å². The Hall–Kier alpha value is -0.160. The molecule has 0 aliphatic heterocycles. The fourth-order valence-corrected chi connectivity index (χ4v) is 2.28. The van der Waals surface area contributed by atoms with Gasteiger partial charge in [-0.25, -0.2) is 8.42 Å². The molecule has 0 spiro atoms. The first kappa shape index (κ1) is 10.8. The predicted molar refractivity (Wildman–Crippen MR) is 50.3 cm³/mol. The molecule has 0 aliphatic carbocycles. The molecule has 2 N–H and O–H groups in total. The SMILES string of the molecule is CCC(C)S(=O)(=O)CC(N)=S. The normalized spacial score (nSPS) is 14.4. The van der Waals surface area contributed by atoms with Crippen LogP contribution in [0.5, 0.6) is 0 Å². The van der Waals surface area contributed by atoms with Gasteiger partial charge in [0, 0.05) is 0 Å². The lowest BCUT2D eigenvalue weighted by Gasteiger charge is -2.08. The minimum Gasteiger partial charge on any atom is -0.392 e. The second kappa shape index (κ2) is 4.01. The van der Waals surface area contributed by atoms with Crippen LogP contribution in [0.1, 0.15) is 20.3 Å². The summed E-state index contributed by atoms with van der Waals surface area (Å²) >= 11 is 4.51. The van der Waals surface area contributed by atoms with Gasteiger partial charge in [0.1, 0.15) is 5.75 Å². The van der Waals surface area contributed by atoms with Crippen LogP contribution in [0, 0.1) is 0 Å². The summed E-state index contributed by atoms with van der Waals surface area (Å²) in [6.45, 7) is 3.48. The molecule has 0 heterocycles. The van der Waals surface area contributed by atoms with Crippen LogP contribution in [-0.4, -0.2) is 24.4 Å². The monoisotopic (exact) mass is 195 g/mol. The molecule has 0 saturated carbocycles. The minimum atomic E-state index is -3.08. The summed E-state index contributed by atoms with van der Waals surface area (Å²) in [5, 5.41) is -0.344. The van der Waals surface area contributed by atoms with Gasteiger partial charge in [-0.15, -0.1) is 0 Å². The Bertz CT molecular complexity index is 233. The zero-order chi connectivity index (χ0) is 9.07. The predicted octanol–water partition coefficient (Wildman–Crippen LogP) is 0.486. The van der Waals surface area contributed by atoms with Crippen molar-refractivity contribution in [2.45, 2.75) is 25.5 Å². The number of hydrogen-bond donors (Lipinski definition) is 1. The van der Waals surface area contributed by atoms with Crippen LogP contribution in [0.25, 0.3) is 0 Å². The Kier molecular flexibility index (Phi) is 3.96. The summed E-state index contributed by atoms with van der Waals surface area (Å²) in [6, 6.07) is 0. The molecule has 0 aliphatic rings. The topological polar surface area (TPSA) is 60.2 Å². The molecule has 0 aromatic carbocycles. The first-order chi connectivity index (χ1) is 4.90. The third kappa shape index (κ3) is 3.67. The lowest BCUT2D eigenvalue weighted by atomic mass is 10.4. The maximum absolute atomic E-state index is 11.2. The number of thiocarbonyl (C=S) groups is 1. The van der Waals surface area contributed by atoms with Gasteiger partial charge in [-0.05, 0) is 13.3 Å². The van der Waals surface area contributed by atoms with Gasteiger partial charge in [-0.1, -0.05) is 19.1 Å². The van der Waals surface area contributed by atoms with Crippen molar-refractivity contribution in [2.75, 3.05) is 5.75 Å². The van der Waals surface area contributed by atoms with E-state index in [1.807, 2.05) is 6.92 Å². The standard InChI is InChI=1S/C6H13NO2S2/c1-3-5(2)11(8,9)4-6(7)10/h5H,3-4H2,1-2H3,(H2,7,10). The third-order valence-corrected chi connectivity index (χ3v) is 4.13. The third-order valence-electron chi connectivity index (χ3n) is 1.53. The van der Waals surface area contributed by atoms with Crippen molar-refractivity contribution in [3.63, 3.8) is 0 Å². The first-order valence-electron chi connectivity index (χ1n) is 3.40. The molecule has 1 atom stereocenters. The number of sulfone groups is 1. The van der Waals surface area contributed by atoms with Crippen molar-refractivity contribution in [3.05, 3.63) is 0 Å². The van der Waals surface area contributed by atoms with Gasteiger partial charge < -0.3 is 5.73 Å². The van der Waals surface area contributed by atoms with Gasteiger partial charge in [-0.3, -0.25) is 0 Å². The van der Waals surface area contributed by atoms with Gasteiger partial charge in [0.2, 0.25) is 0 Å². The van der Waals surface area contributed by atoms with Crippen molar-refractivity contribution >= 4 is 27.0 Å². The van der Waals surface area contributed by atoms with E-state index in [-0.39, 0.29) is 16.0 Å². The molecule has 5 heteroatoms. The molecule has 3 nitrogen and oxygen atoms in total. The van der Waals surface area contributed by atoms with Crippen LogP contribution in [0.4, 0.5) is 0 Å². The lowest BCUT2D eigenvalue weighted by molar-refractivity contribution is 0.585. The van der Waals surface area contributed by atoms with Gasteiger partial charge in [0.05, 0.1) is 10.2 Å². The Morgan fingerprint density at radius 1 is 1.64 bits per heavy atom. The Labute approximate surface area is 72.9 Å². The fourth-order valence-electron chi connectivity index (χ4n) is 0.594. The summed E-state index contributed by atoms with van der Waals surface area (Å²) in [7, 11) is -3.08. The minimum absolute atomic E-state index is 0.0466. The summed E-state index contributed by atoms with van der Waals surface area (Å²) in [6.07, 6.45) is 0.602. The molecular weight excluding hydrogens is 182 g/mol. The Balaban J connectivity index is 4.35. The molecule has 11 heavy (non-hydrogen) atoms. The van der Waals surface area contributed by atoms with Crippen molar-refractivity contribution < 1.29 is 8.42 Å². The van der Waals surface area contributed by atoms with E-state index in [4.69, 9.17) is 5.73 Å². The Morgan fingerprint density at radius 3 is 2.36 bits per heavy atom. The number of rotatable bonds is 4. The molecule has 0 aromatic rings. The van der Waals surface area contributed by atoms with Crippen molar-refractivity contribution in [1.82, 2.24) is 0 Å². The van der Waals surface area contributed by atoms with Gasteiger partial charge >= 0.3 is 0 Å². The van der Waals surface area contributed by atoms with E-state index in [1.165, 1.54) is 0 Å². The quantitative estimate of drug-likeness (QED) is 0.663. The molecule has 0 amide bonds. The number of nitrogens with two attached hydrogens (primary N) is 1. The van der Waals surface area contributed by atoms with Crippen LogP contribution in [0.2, 0.25) is 0 Å². The average molecular weight is 195 g/mol. The summed E-state index contributed by atoms with van der Waals surface area (Å²) in [5.41, 5.74) is 5.12. The van der Waals surface area contributed by atoms with E-state index in [1.54, 1.807) is 6.92 Å². The highest BCUT2D eigenvalue weighted by Gasteiger charge is 2.19.